The molecule has 4 rings (SSSR count). The molecule has 6 nitrogen and oxygen atoms in total. The largest absolute Gasteiger partial charge is 0.497 e. The second-order valence-corrected chi connectivity index (χ2v) is 6.80. The highest BCUT2D eigenvalue weighted by Gasteiger charge is 2.14. The van der Waals surface area contributed by atoms with Crippen molar-refractivity contribution < 1.29 is 18.7 Å². The summed E-state index contributed by atoms with van der Waals surface area (Å²) in [5.41, 5.74) is 3.89. The molecule has 1 heterocycles. The molecule has 0 saturated heterocycles. The number of aryl methyl sites for hydroxylation is 1. The van der Waals surface area contributed by atoms with Crippen molar-refractivity contribution in [3.05, 3.63) is 77.9 Å². The highest BCUT2D eigenvalue weighted by atomic mass is 16.5. The topological polar surface area (TPSA) is 66.6 Å². The summed E-state index contributed by atoms with van der Waals surface area (Å²) < 4.78 is 22.1. The summed E-state index contributed by atoms with van der Waals surface area (Å²) in [5.74, 6) is 2.94. The average Bonchev–Trinajstić information content (AvgIpc) is 3.28. The van der Waals surface area contributed by atoms with Gasteiger partial charge in [0.25, 0.3) is 5.89 Å². The van der Waals surface area contributed by atoms with Crippen molar-refractivity contribution in [3.63, 3.8) is 0 Å². The van der Waals surface area contributed by atoms with Crippen molar-refractivity contribution in [2.45, 2.75) is 13.5 Å². The van der Waals surface area contributed by atoms with Gasteiger partial charge in [0.15, 0.2) is 11.5 Å². The van der Waals surface area contributed by atoms with Crippen LogP contribution in [0.5, 0.6) is 17.2 Å². The van der Waals surface area contributed by atoms with Gasteiger partial charge in [-0.05, 0) is 55.0 Å². The molecule has 0 amide bonds. The summed E-state index contributed by atoms with van der Waals surface area (Å²) in [4.78, 5) is 4.50. The SMILES string of the molecule is COc1ccc(-c2nc(-c3ccc(OCc4cccc(C)c4)c(OC)c3)no2)cc1. The third-order valence-corrected chi connectivity index (χ3v) is 4.66. The summed E-state index contributed by atoms with van der Waals surface area (Å²) in [6, 6.07) is 21.2. The summed E-state index contributed by atoms with van der Waals surface area (Å²) in [5, 5.41) is 4.10. The first-order valence-corrected chi connectivity index (χ1v) is 9.51. The van der Waals surface area contributed by atoms with E-state index in [2.05, 4.69) is 29.2 Å². The van der Waals surface area contributed by atoms with Gasteiger partial charge < -0.3 is 18.7 Å². The monoisotopic (exact) mass is 402 g/mol. The van der Waals surface area contributed by atoms with Crippen LogP contribution in [0, 0.1) is 6.92 Å². The van der Waals surface area contributed by atoms with Gasteiger partial charge in [-0.2, -0.15) is 4.98 Å². The quantitative estimate of drug-likeness (QED) is 0.417. The average molecular weight is 402 g/mol. The molecule has 6 heteroatoms. The Morgan fingerprint density at radius 1 is 0.833 bits per heavy atom. The molecule has 0 N–H and O–H groups in total. The molecule has 0 aliphatic carbocycles. The molecule has 0 saturated carbocycles. The van der Waals surface area contributed by atoms with Gasteiger partial charge in [-0.25, -0.2) is 0 Å². The first-order chi connectivity index (χ1) is 14.7. The second kappa shape index (κ2) is 8.69. The third-order valence-electron chi connectivity index (χ3n) is 4.66. The van der Waals surface area contributed by atoms with Crippen LogP contribution in [0.3, 0.4) is 0 Å². The Bertz CT molecular complexity index is 1140. The molecule has 0 aliphatic rings. The Hall–Kier alpha value is -3.80. The van der Waals surface area contributed by atoms with Crippen LogP contribution in [0.15, 0.2) is 71.3 Å². The lowest BCUT2D eigenvalue weighted by Crippen LogP contribution is -1.98. The Labute approximate surface area is 175 Å². The second-order valence-electron chi connectivity index (χ2n) is 6.80. The highest BCUT2D eigenvalue weighted by molar-refractivity contribution is 5.63. The van der Waals surface area contributed by atoms with Crippen LogP contribution in [0.2, 0.25) is 0 Å². The number of aromatic nitrogens is 2. The van der Waals surface area contributed by atoms with Crippen LogP contribution in [-0.4, -0.2) is 24.4 Å². The zero-order valence-corrected chi connectivity index (χ0v) is 17.1. The van der Waals surface area contributed by atoms with E-state index in [1.165, 1.54) is 5.56 Å². The lowest BCUT2D eigenvalue weighted by molar-refractivity contribution is 0.284. The van der Waals surface area contributed by atoms with Gasteiger partial charge >= 0.3 is 0 Å². The number of methoxy groups -OCH3 is 2. The minimum absolute atomic E-state index is 0.436. The van der Waals surface area contributed by atoms with E-state index in [1.807, 2.05) is 54.6 Å². The Balaban J connectivity index is 1.53. The number of hydrogen-bond donors (Lipinski definition) is 0. The van der Waals surface area contributed by atoms with Gasteiger partial charge in [0.05, 0.1) is 14.2 Å². The van der Waals surface area contributed by atoms with E-state index in [9.17, 15) is 0 Å². The van der Waals surface area contributed by atoms with Crippen LogP contribution in [0.25, 0.3) is 22.8 Å². The zero-order valence-electron chi connectivity index (χ0n) is 17.1. The van der Waals surface area contributed by atoms with Gasteiger partial charge in [0.2, 0.25) is 5.82 Å². The lowest BCUT2D eigenvalue weighted by atomic mass is 10.1. The number of hydrogen-bond acceptors (Lipinski definition) is 6. The van der Waals surface area contributed by atoms with Gasteiger partial charge in [-0.1, -0.05) is 35.0 Å². The number of nitrogens with zero attached hydrogens (tertiary/aromatic N) is 2. The molecule has 4 aromatic rings. The van der Waals surface area contributed by atoms with Crippen LogP contribution < -0.4 is 14.2 Å². The van der Waals surface area contributed by atoms with Gasteiger partial charge in [-0.15, -0.1) is 0 Å². The summed E-state index contributed by atoms with van der Waals surface area (Å²) in [6.07, 6.45) is 0. The third kappa shape index (κ3) is 4.27. The van der Waals surface area contributed by atoms with E-state index in [0.29, 0.717) is 29.8 Å². The van der Waals surface area contributed by atoms with Gasteiger partial charge in [0.1, 0.15) is 12.4 Å². The first kappa shape index (κ1) is 19.5. The Kier molecular flexibility index (Phi) is 5.66. The number of benzene rings is 3. The van der Waals surface area contributed by atoms with E-state index in [4.69, 9.17) is 18.7 Å². The zero-order chi connectivity index (χ0) is 20.9. The van der Waals surface area contributed by atoms with Gasteiger partial charge in [-0.3, -0.25) is 0 Å². The van der Waals surface area contributed by atoms with Crippen LogP contribution in [0.4, 0.5) is 0 Å². The van der Waals surface area contributed by atoms with E-state index in [0.717, 1.165) is 22.4 Å². The molecule has 0 radical (unpaired) electrons. The van der Waals surface area contributed by atoms with Gasteiger partial charge in [0, 0.05) is 11.1 Å². The van der Waals surface area contributed by atoms with E-state index >= 15 is 0 Å². The van der Waals surface area contributed by atoms with Crippen LogP contribution in [0.1, 0.15) is 11.1 Å². The minimum atomic E-state index is 0.436. The highest BCUT2D eigenvalue weighted by Crippen LogP contribution is 2.33. The first-order valence-electron chi connectivity index (χ1n) is 9.51. The summed E-state index contributed by atoms with van der Waals surface area (Å²) in [6.45, 7) is 2.52. The molecular formula is C24H22N2O4. The molecule has 0 atom stereocenters. The molecule has 0 bridgehead atoms. The van der Waals surface area contributed by atoms with E-state index in [1.54, 1.807) is 14.2 Å². The fraction of sp³-hybridized carbons (Fsp3) is 0.167. The predicted molar refractivity (Wildman–Crippen MR) is 114 cm³/mol. The predicted octanol–water partition coefficient (Wildman–Crippen LogP) is 5.31. The normalized spacial score (nSPS) is 10.6. The van der Waals surface area contributed by atoms with Crippen molar-refractivity contribution in [3.8, 4) is 40.1 Å². The van der Waals surface area contributed by atoms with Crippen molar-refractivity contribution in [2.75, 3.05) is 14.2 Å². The van der Waals surface area contributed by atoms with Crippen molar-refractivity contribution in [2.24, 2.45) is 0 Å². The van der Waals surface area contributed by atoms with E-state index in [-0.39, 0.29) is 0 Å². The maximum absolute atomic E-state index is 5.96. The maximum atomic E-state index is 5.96. The smallest absolute Gasteiger partial charge is 0.258 e. The molecular weight excluding hydrogens is 380 g/mol. The summed E-state index contributed by atoms with van der Waals surface area (Å²) in [7, 11) is 3.24. The Morgan fingerprint density at radius 2 is 1.63 bits per heavy atom. The fourth-order valence-corrected chi connectivity index (χ4v) is 3.08. The standard InChI is InChI=1S/C24H22N2O4/c1-16-5-4-6-17(13-16)15-29-21-12-9-19(14-22(21)28-3)23-25-24(30-26-23)18-7-10-20(27-2)11-8-18/h4-14H,15H2,1-3H3. The molecule has 0 fully saturated rings. The Morgan fingerprint density at radius 3 is 2.37 bits per heavy atom. The molecule has 0 aliphatic heterocycles. The molecule has 0 unspecified atom stereocenters. The minimum Gasteiger partial charge on any atom is -0.497 e. The van der Waals surface area contributed by atoms with Crippen LogP contribution >= 0.6 is 0 Å². The molecule has 1 aromatic heterocycles. The van der Waals surface area contributed by atoms with E-state index < -0.39 is 0 Å². The number of ether oxygens (including phenoxy) is 3. The molecule has 30 heavy (non-hydrogen) atoms. The van der Waals surface area contributed by atoms with Crippen molar-refractivity contribution >= 4 is 0 Å². The van der Waals surface area contributed by atoms with Crippen LogP contribution in [-0.2, 0) is 6.61 Å². The van der Waals surface area contributed by atoms with Crippen molar-refractivity contribution in [1.29, 1.82) is 0 Å². The van der Waals surface area contributed by atoms with Crippen molar-refractivity contribution in [1.82, 2.24) is 10.1 Å². The lowest BCUT2D eigenvalue weighted by Gasteiger charge is -2.11. The molecule has 152 valence electrons. The summed E-state index contributed by atoms with van der Waals surface area (Å²) >= 11 is 0. The molecule has 3 aromatic carbocycles. The fourth-order valence-electron chi connectivity index (χ4n) is 3.08. The maximum Gasteiger partial charge on any atom is 0.258 e. The molecule has 0 spiro atoms. The number of rotatable bonds is 7.